The summed E-state index contributed by atoms with van der Waals surface area (Å²) in [5.74, 6) is 0.995. The van der Waals surface area contributed by atoms with Gasteiger partial charge in [0.15, 0.2) is 5.89 Å². The molecular formula is C15H16F2N2O3. The Bertz CT molecular complexity index is 612. The lowest BCUT2D eigenvalue weighted by Gasteiger charge is -2.07. The molecule has 0 fully saturated rings. The summed E-state index contributed by atoms with van der Waals surface area (Å²) in [5, 5.41) is 2.76. The van der Waals surface area contributed by atoms with Crippen LogP contribution in [0.2, 0.25) is 0 Å². The molecule has 7 heteroatoms. The van der Waals surface area contributed by atoms with Gasteiger partial charge in [0.1, 0.15) is 11.5 Å². The molecule has 1 N–H and O–H groups in total. The van der Waals surface area contributed by atoms with Gasteiger partial charge in [0, 0.05) is 13.5 Å². The number of aryl methyl sites for hydroxylation is 1. The summed E-state index contributed by atoms with van der Waals surface area (Å²) in [7, 11) is 0. The van der Waals surface area contributed by atoms with E-state index in [0.29, 0.717) is 24.6 Å². The maximum atomic E-state index is 12.0. The van der Waals surface area contributed by atoms with E-state index in [1.165, 1.54) is 18.3 Å². The van der Waals surface area contributed by atoms with Crippen LogP contribution in [0.3, 0.4) is 0 Å². The van der Waals surface area contributed by atoms with Crippen molar-refractivity contribution in [1.29, 1.82) is 0 Å². The van der Waals surface area contributed by atoms with E-state index in [1.807, 2.05) is 0 Å². The van der Waals surface area contributed by atoms with Gasteiger partial charge in [0.05, 0.1) is 12.6 Å². The maximum Gasteiger partial charge on any atom is 0.387 e. The number of carbonyl (C=O) groups excluding carboxylic acids is 1. The minimum Gasteiger partial charge on any atom is -0.446 e. The van der Waals surface area contributed by atoms with Crippen molar-refractivity contribution in [2.75, 3.05) is 6.54 Å². The SMILES string of the molecule is Cc1ncc(CC(=O)NCCc2ccc(OC(F)F)cc2)o1. The Hall–Kier alpha value is -2.44. The van der Waals surface area contributed by atoms with Crippen LogP contribution in [0, 0.1) is 6.92 Å². The van der Waals surface area contributed by atoms with E-state index < -0.39 is 6.61 Å². The molecular weight excluding hydrogens is 294 g/mol. The zero-order valence-electron chi connectivity index (χ0n) is 12.0. The first-order valence-electron chi connectivity index (χ1n) is 6.74. The predicted molar refractivity (Wildman–Crippen MR) is 74.7 cm³/mol. The Labute approximate surface area is 126 Å². The highest BCUT2D eigenvalue weighted by molar-refractivity contribution is 5.77. The lowest BCUT2D eigenvalue weighted by molar-refractivity contribution is -0.120. The summed E-state index contributed by atoms with van der Waals surface area (Å²) >= 11 is 0. The Morgan fingerprint density at radius 2 is 2.09 bits per heavy atom. The average Bonchev–Trinajstić information content (AvgIpc) is 2.85. The van der Waals surface area contributed by atoms with E-state index in [9.17, 15) is 13.6 Å². The van der Waals surface area contributed by atoms with Crippen molar-refractivity contribution in [3.05, 3.63) is 47.7 Å². The third-order valence-electron chi connectivity index (χ3n) is 2.89. The number of amides is 1. The minimum atomic E-state index is -2.83. The molecule has 5 nitrogen and oxygen atoms in total. The van der Waals surface area contributed by atoms with Crippen LogP contribution in [0.5, 0.6) is 5.75 Å². The highest BCUT2D eigenvalue weighted by atomic mass is 19.3. The molecule has 0 aliphatic rings. The first-order valence-corrected chi connectivity index (χ1v) is 6.74. The van der Waals surface area contributed by atoms with Crippen molar-refractivity contribution in [1.82, 2.24) is 10.3 Å². The van der Waals surface area contributed by atoms with E-state index in [-0.39, 0.29) is 18.1 Å². The van der Waals surface area contributed by atoms with Gasteiger partial charge < -0.3 is 14.5 Å². The fourth-order valence-corrected chi connectivity index (χ4v) is 1.89. The molecule has 0 unspecified atom stereocenters. The number of alkyl halides is 2. The summed E-state index contributed by atoms with van der Waals surface area (Å²) in [6, 6.07) is 6.31. The predicted octanol–water partition coefficient (Wildman–Crippen LogP) is 2.49. The summed E-state index contributed by atoms with van der Waals surface area (Å²) in [6.45, 7) is -0.672. The summed E-state index contributed by atoms with van der Waals surface area (Å²) in [4.78, 5) is 15.6. The molecule has 0 bridgehead atoms. The van der Waals surface area contributed by atoms with Crippen molar-refractivity contribution in [3.63, 3.8) is 0 Å². The maximum absolute atomic E-state index is 12.0. The number of nitrogens with one attached hydrogen (secondary N) is 1. The van der Waals surface area contributed by atoms with Crippen LogP contribution >= 0.6 is 0 Å². The molecule has 118 valence electrons. The zero-order chi connectivity index (χ0) is 15.9. The van der Waals surface area contributed by atoms with E-state index in [0.717, 1.165) is 5.56 Å². The molecule has 22 heavy (non-hydrogen) atoms. The van der Waals surface area contributed by atoms with Crippen molar-refractivity contribution < 1.29 is 22.7 Å². The van der Waals surface area contributed by atoms with Crippen LogP contribution in [0.4, 0.5) is 8.78 Å². The normalized spacial score (nSPS) is 10.7. The second kappa shape index (κ2) is 7.53. The van der Waals surface area contributed by atoms with Gasteiger partial charge in [0.2, 0.25) is 5.91 Å². The zero-order valence-corrected chi connectivity index (χ0v) is 12.0. The largest absolute Gasteiger partial charge is 0.446 e. The third-order valence-corrected chi connectivity index (χ3v) is 2.89. The van der Waals surface area contributed by atoms with E-state index in [4.69, 9.17) is 4.42 Å². The molecule has 0 radical (unpaired) electrons. The molecule has 1 amide bonds. The quantitative estimate of drug-likeness (QED) is 0.853. The van der Waals surface area contributed by atoms with E-state index in [2.05, 4.69) is 15.0 Å². The second-order valence-corrected chi connectivity index (χ2v) is 4.64. The number of hydrogen-bond acceptors (Lipinski definition) is 4. The molecule has 1 aromatic carbocycles. The Morgan fingerprint density at radius 1 is 1.36 bits per heavy atom. The average molecular weight is 310 g/mol. The van der Waals surface area contributed by atoms with Gasteiger partial charge in [0.25, 0.3) is 0 Å². The van der Waals surface area contributed by atoms with Crippen molar-refractivity contribution >= 4 is 5.91 Å². The number of nitrogens with zero attached hydrogens (tertiary/aromatic N) is 1. The first-order chi connectivity index (χ1) is 10.5. The molecule has 0 atom stereocenters. The highest BCUT2D eigenvalue weighted by Gasteiger charge is 2.07. The number of ether oxygens (including phenoxy) is 1. The monoisotopic (exact) mass is 310 g/mol. The van der Waals surface area contributed by atoms with Gasteiger partial charge in [-0.15, -0.1) is 0 Å². The number of aromatic nitrogens is 1. The summed E-state index contributed by atoms with van der Waals surface area (Å²) in [5.41, 5.74) is 0.914. The molecule has 2 aromatic rings. The summed E-state index contributed by atoms with van der Waals surface area (Å²) in [6.07, 6.45) is 2.26. The fourth-order valence-electron chi connectivity index (χ4n) is 1.89. The molecule has 1 aromatic heterocycles. The van der Waals surface area contributed by atoms with Crippen LogP contribution in [0.1, 0.15) is 17.2 Å². The molecule has 0 aliphatic carbocycles. The Balaban J connectivity index is 1.72. The van der Waals surface area contributed by atoms with Gasteiger partial charge in [-0.3, -0.25) is 4.79 Å². The number of halogens is 2. The molecule has 0 saturated carbocycles. The topological polar surface area (TPSA) is 64.4 Å². The van der Waals surface area contributed by atoms with Crippen LogP contribution in [-0.4, -0.2) is 24.0 Å². The molecule has 2 rings (SSSR count). The standard InChI is InChI=1S/C15H16F2N2O3/c1-10-19-9-13(21-10)8-14(20)18-7-6-11-2-4-12(5-3-11)22-15(16)17/h2-5,9,15H,6-8H2,1H3,(H,18,20). The first kappa shape index (κ1) is 15.9. The summed E-state index contributed by atoms with van der Waals surface area (Å²) < 4.78 is 33.5. The molecule has 1 heterocycles. The van der Waals surface area contributed by atoms with Gasteiger partial charge in [-0.2, -0.15) is 8.78 Å². The van der Waals surface area contributed by atoms with Crippen molar-refractivity contribution in [2.24, 2.45) is 0 Å². The number of hydrogen-bond donors (Lipinski definition) is 1. The number of carbonyl (C=O) groups is 1. The van der Waals surface area contributed by atoms with Gasteiger partial charge in [-0.05, 0) is 24.1 Å². The van der Waals surface area contributed by atoms with Gasteiger partial charge >= 0.3 is 6.61 Å². The molecule has 0 spiro atoms. The van der Waals surface area contributed by atoms with Gasteiger partial charge in [-0.1, -0.05) is 12.1 Å². The van der Waals surface area contributed by atoms with E-state index in [1.54, 1.807) is 19.1 Å². The molecule has 0 aliphatic heterocycles. The van der Waals surface area contributed by atoms with Crippen LogP contribution in [0.15, 0.2) is 34.9 Å². The lowest BCUT2D eigenvalue weighted by atomic mass is 10.1. The minimum absolute atomic E-state index is 0.114. The third kappa shape index (κ3) is 5.16. The lowest BCUT2D eigenvalue weighted by Crippen LogP contribution is -2.27. The molecule has 0 saturated heterocycles. The Kier molecular flexibility index (Phi) is 5.46. The Morgan fingerprint density at radius 3 is 2.68 bits per heavy atom. The fraction of sp³-hybridized carbons (Fsp3) is 0.333. The number of benzene rings is 1. The smallest absolute Gasteiger partial charge is 0.387 e. The van der Waals surface area contributed by atoms with Crippen LogP contribution in [-0.2, 0) is 17.6 Å². The van der Waals surface area contributed by atoms with Crippen LogP contribution < -0.4 is 10.1 Å². The highest BCUT2D eigenvalue weighted by Crippen LogP contribution is 2.15. The van der Waals surface area contributed by atoms with Crippen molar-refractivity contribution in [2.45, 2.75) is 26.4 Å². The van der Waals surface area contributed by atoms with E-state index >= 15 is 0 Å². The number of oxazole rings is 1. The number of rotatable bonds is 7. The van der Waals surface area contributed by atoms with Gasteiger partial charge in [-0.25, -0.2) is 4.98 Å². The second-order valence-electron chi connectivity index (χ2n) is 4.64. The van der Waals surface area contributed by atoms with Crippen LogP contribution in [0.25, 0.3) is 0 Å². The van der Waals surface area contributed by atoms with Crippen molar-refractivity contribution in [3.8, 4) is 5.75 Å².